The second kappa shape index (κ2) is 3.50. The highest BCUT2D eigenvalue weighted by molar-refractivity contribution is 6.14. The van der Waals surface area contributed by atoms with Crippen molar-refractivity contribution in [3.63, 3.8) is 0 Å². The zero-order valence-electron chi connectivity index (χ0n) is 8.62. The molecule has 0 radical (unpaired) electrons. The van der Waals surface area contributed by atoms with E-state index in [1.165, 1.54) is 0 Å². The summed E-state index contributed by atoms with van der Waals surface area (Å²) in [6, 6.07) is 8.97. The molecular weight excluding hydrogens is 190 g/mol. The molecule has 1 heterocycles. The second-order valence-corrected chi connectivity index (χ2v) is 4.03. The lowest BCUT2D eigenvalue weighted by atomic mass is 9.81. The van der Waals surface area contributed by atoms with Crippen LogP contribution in [0, 0.1) is 5.41 Å². The maximum atomic E-state index is 12.1. The van der Waals surface area contributed by atoms with Gasteiger partial charge in [-0.05, 0) is 13.3 Å². The number of carbonyl (C=O) groups excluding carboxylic acids is 2. The van der Waals surface area contributed by atoms with E-state index in [-0.39, 0.29) is 11.7 Å². The van der Waals surface area contributed by atoms with Crippen LogP contribution in [0.25, 0.3) is 0 Å². The molecular formula is C12H13NO2. The van der Waals surface area contributed by atoms with Crippen molar-refractivity contribution >= 4 is 11.7 Å². The molecule has 1 fully saturated rings. The van der Waals surface area contributed by atoms with Gasteiger partial charge in [-0.2, -0.15) is 0 Å². The molecule has 1 atom stereocenters. The van der Waals surface area contributed by atoms with E-state index in [0.717, 1.165) is 0 Å². The number of ketones is 1. The summed E-state index contributed by atoms with van der Waals surface area (Å²) in [4.78, 5) is 23.7. The van der Waals surface area contributed by atoms with Gasteiger partial charge in [-0.25, -0.2) is 0 Å². The SMILES string of the molecule is C[C@@]1(C(=O)c2ccccc2)CCNC1=O. The van der Waals surface area contributed by atoms with Gasteiger partial charge in [-0.3, -0.25) is 9.59 Å². The normalized spacial score (nSPS) is 25.0. The Morgan fingerprint density at radius 3 is 2.53 bits per heavy atom. The highest BCUT2D eigenvalue weighted by Gasteiger charge is 2.44. The minimum atomic E-state index is -0.874. The molecule has 0 unspecified atom stereocenters. The number of hydrogen-bond donors (Lipinski definition) is 1. The summed E-state index contributed by atoms with van der Waals surface area (Å²) in [6.45, 7) is 2.30. The highest BCUT2D eigenvalue weighted by atomic mass is 16.2. The minimum absolute atomic E-state index is 0.0851. The van der Waals surface area contributed by atoms with E-state index < -0.39 is 5.41 Å². The van der Waals surface area contributed by atoms with Crippen LogP contribution < -0.4 is 5.32 Å². The number of amides is 1. The van der Waals surface area contributed by atoms with Crippen molar-refractivity contribution < 1.29 is 9.59 Å². The largest absolute Gasteiger partial charge is 0.355 e. The molecule has 1 aliphatic rings. The Balaban J connectivity index is 2.33. The summed E-state index contributed by atoms with van der Waals surface area (Å²) in [6.07, 6.45) is 0.583. The second-order valence-electron chi connectivity index (χ2n) is 4.03. The van der Waals surface area contributed by atoms with Crippen LogP contribution in [0.2, 0.25) is 0 Å². The van der Waals surface area contributed by atoms with Crippen molar-refractivity contribution in [2.45, 2.75) is 13.3 Å². The zero-order valence-corrected chi connectivity index (χ0v) is 8.62. The molecule has 0 aliphatic carbocycles. The van der Waals surface area contributed by atoms with Crippen LogP contribution in [0.1, 0.15) is 23.7 Å². The van der Waals surface area contributed by atoms with Crippen LogP contribution in [0.5, 0.6) is 0 Å². The van der Waals surface area contributed by atoms with Gasteiger partial charge in [-0.1, -0.05) is 30.3 Å². The van der Waals surface area contributed by atoms with Crippen LogP contribution in [0.15, 0.2) is 30.3 Å². The van der Waals surface area contributed by atoms with Crippen molar-refractivity contribution in [3.8, 4) is 0 Å². The molecule has 0 saturated carbocycles. The molecule has 1 aromatic carbocycles. The predicted octanol–water partition coefficient (Wildman–Crippen LogP) is 1.40. The Labute approximate surface area is 88.5 Å². The molecule has 15 heavy (non-hydrogen) atoms. The van der Waals surface area contributed by atoms with Gasteiger partial charge in [0.25, 0.3) is 0 Å². The molecule has 1 N–H and O–H groups in total. The number of Topliss-reactive ketones (excluding diaryl/α,β-unsaturated/α-hetero) is 1. The van der Waals surface area contributed by atoms with E-state index >= 15 is 0 Å². The quantitative estimate of drug-likeness (QED) is 0.583. The van der Waals surface area contributed by atoms with Gasteiger partial charge in [0.15, 0.2) is 5.78 Å². The molecule has 0 bridgehead atoms. The Morgan fingerprint density at radius 1 is 1.33 bits per heavy atom. The van der Waals surface area contributed by atoms with E-state index in [1.54, 1.807) is 19.1 Å². The number of nitrogens with one attached hydrogen (secondary N) is 1. The van der Waals surface area contributed by atoms with Crippen molar-refractivity contribution in [1.82, 2.24) is 5.32 Å². The van der Waals surface area contributed by atoms with E-state index in [0.29, 0.717) is 18.5 Å². The summed E-state index contributed by atoms with van der Waals surface area (Å²) in [5, 5.41) is 2.70. The lowest BCUT2D eigenvalue weighted by molar-refractivity contribution is -0.124. The summed E-state index contributed by atoms with van der Waals surface area (Å²) >= 11 is 0. The molecule has 1 aliphatic heterocycles. The fourth-order valence-corrected chi connectivity index (χ4v) is 1.86. The van der Waals surface area contributed by atoms with E-state index in [1.807, 2.05) is 18.2 Å². The summed E-state index contributed by atoms with van der Waals surface area (Å²) in [5.41, 5.74) is -0.265. The Hall–Kier alpha value is -1.64. The fraction of sp³-hybridized carbons (Fsp3) is 0.333. The van der Waals surface area contributed by atoms with Crippen LogP contribution in [-0.2, 0) is 4.79 Å². The molecule has 2 rings (SSSR count). The predicted molar refractivity (Wildman–Crippen MR) is 56.5 cm³/mol. The minimum Gasteiger partial charge on any atom is -0.355 e. The van der Waals surface area contributed by atoms with Crippen molar-refractivity contribution in [2.75, 3.05) is 6.54 Å². The maximum absolute atomic E-state index is 12.1. The van der Waals surface area contributed by atoms with Crippen molar-refractivity contribution in [2.24, 2.45) is 5.41 Å². The lowest BCUT2D eigenvalue weighted by Crippen LogP contribution is -2.36. The third kappa shape index (κ3) is 1.54. The van der Waals surface area contributed by atoms with Crippen molar-refractivity contribution in [3.05, 3.63) is 35.9 Å². The average molecular weight is 203 g/mol. The first-order chi connectivity index (χ1) is 7.14. The first kappa shape index (κ1) is 9.90. The Bertz CT molecular complexity index is 399. The van der Waals surface area contributed by atoms with Crippen LogP contribution in [0.3, 0.4) is 0 Å². The van der Waals surface area contributed by atoms with E-state index in [2.05, 4.69) is 5.32 Å². The van der Waals surface area contributed by atoms with Gasteiger partial charge in [0.05, 0.1) is 0 Å². The monoisotopic (exact) mass is 203 g/mol. The summed E-state index contributed by atoms with van der Waals surface area (Å²) in [5.74, 6) is -0.241. The number of benzene rings is 1. The molecule has 0 spiro atoms. The third-order valence-electron chi connectivity index (χ3n) is 2.95. The van der Waals surface area contributed by atoms with Crippen LogP contribution in [-0.4, -0.2) is 18.2 Å². The molecule has 1 saturated heterocycles. The maximum Gasteiger partial charge on any atom is 0.233 e. The zero-order chi connectivity index (χ0) is 10.9. The standard InChI is InChI=1S/C12H13NO2/c1-12(7-8-13-11(12)15)10(14)9-5-3-2-4-6-9/h2-6H,7-8H2,1H3,(H,13,15)/t12-/m0/s1. The first-order valence-corrected chi connectivity index (χ1v) is 5.03. The van der Waals surface area contributed by atoms with E-state index in [4.69, 9.17) is 0 Å². The summed E-state index contributed by atoms with van der Waals surface area (Å²) in [7, 11) is 0. The van der Waals surface area contributed by atoms with Crippen LogP contribution in [0.4, 0.5) is 0 Å². The molecule has 1 aromatic rings. The first-order valence-electron chi connectivity index (χ1n) is 5.03. The van der Waals surface area contributed by atoms with Crippen molar-refractivity contribution in [1.29, 1.82) is 0 Å². The Morgan fingerprint density at radius 2 is 2.00 bits per heavy atom. The highest BCUT2D eigenvalue weighted by Crippen LogP contribution is 2.30. The molecule has 0 aromatic heterocycles. The molecule has 3 nitrogen and oxygen atoms in total. The van der Waals surface area contributed by atoms with Crippen LogP contribution >= 0.6 is 0 Å². The fourth-order valence-electron chi connectivity index (χ4n) is 1.86. The summed E-state index contributed by atoms with van der Waals surface area (Å²) < 4.78 is 0. The Kier molecular flexibility index (Phi) is 2.31. The van der Waals surface area contributed by atoms with Gasteiger partial charge in [0.2, 0.25) is 5.91 Å². The van der Waals surface area contributed by atoms with Gasteiger partial charge in [-0.15, -0.1) is 0 Å². The number of hydrogen-bond acceptors (Lipinski definition) is 2. The van der Waals surface area contributed by atoms with Gasteiger partial charge in [0, 0.05) is 12.1 Å². The third-order valence-corrected chi connectivity index (χ3v) is 2.95. The topological polar surface area (TPSA) is 46.2 Å². The van der Waals surface area contributed by atoms with Gasteiger partial charge < -0.3 is 5.32 Å². The molecule has 78 valence electrons. The van der Waals surface area contributed by atoms with Gasteiger partial charge in [0.1, 0.15) is 5.41 Å². The smallest absolute Gasteiger partial charge is 0.233 e. The average Bonchev–Trinajstić information content (AvgIpc) is 2.61. The molecule has 3 heteroatoms. The van der Waals surface area contributed by atoms with E-state index in [9.17, 15) is 9.59 Å². The number of rotatable bonds is 2. The van der Waals surface area contributed by atoms with Gasteiger partial charge >= 0.3 is 0 Å². The lowest BCUT2D eigenvalue weighted by Gasteiger charge is -2.18. The number of carbonyl (C=O) groups is 2. The molecule has 1 amide bonds.